The van der Waals surface area contributed by atoms with Gasteiger partial charge in [-0.1, -0.05) is 29.8 Å². The predicted molar refractivity (Wildman–Crippen MR) is 97.1 cm³/mol. The van der Waals surface area contributed by atoms with Crippen LogP contribution in [-0.2, 0) is 11.2 Å². The highest BCUT2D eigenvalue weighted by Gasteiger charge is 2.31. The molecule has 4 nitrogen and oxygen atoms in total. The molecular weight excluding hydrogens is 320 g/mol. The molecule has 0 aliphatic heterocycles. The van der Waals surface area contributed by atoms with Crippen molar-refractivity contribution in [3.63, 3.8) is 0 Å². The molecule has 1 saturated carbocycles. The van der Waals surface area contributed by atoms with E-state index in [1.54, 1.807) is 23.3 Å². The Labute approximate surface area is 147 Å². The van der Waals surface area contributed by atoms with Crippen molar-refractivity contribution in [2.75, 3.05) is 13.6 Å². The van der Waals surface area contributed by atoms with Crippen LogP contribution in [0, 0.1) is 19.8 Å². The first-order chi connectivity index (χ1) is 11.4. The number of aliphatic hydroxyl groups is 1. The maximum Gasteiger partial charge on any atom is 0.227 e. The summed E-state index contributed by atoms with van der Waals surface area (Å²) in [5.74, 6) is 0.417. The van der Waals surface area contributed by atoms with Crippen molar-refractivity contribution in [3.8, 4) is 11.3 Å². The van der Waals surface area contributed by atoms with Crippen LogP contribution in [0.25, 0.3) is 11.3 Å². The molecule has 1 aliphatic carbocycles. The number of rotatable bonds is 6. The molecule has 1 unspecified atom stereocenters. The summed E-state index contributed by atoms with van der Waals surface area (Å²) >= 11 is 1.58. The van der Waals surface area contributed by atoms with Gasteiger partial charge in [-0.3, -0.25) is 4.79 Å². The molecule has 0 radical (unpaired) electrons. The number of carbonyl (C=O) groups excluding carboxylic acids is 1. The fourth-order valence-corrected chi connectivity index (χ4v) is 3.76. The Hall–Kier alpha value is -1.72. The molecule has 3 rings (SSSR count). The van der Waals surface area contributed by atoms with Gasteiger partial charge in [0.1, 0.15) is 0 Å². The van der Waals surface area contributed by atoms with Gasteiger partial charge >= 0.3 is 0 Å². The second-order valence-electron chi connectivity index (χ2n) is 6.73. The zero-order chi connectivity index (χ0) is 17.3. The standard InChI is InChI=1S/C19H24N2O2S/c1-12-4-6-15(7-5-12)19-17(24-13(2)20-19)10-18(23)21(3)11-16(22)14-8-9-14/h4-7,14,16,22H,8-11H2,1-3H3. The predicted octanol–water partition coefficient (Wildman–Crippen LogP) is 3.20. The smallest absolute Gasteiger partial charge is 0.227 e. The summed E-state index contributed by atoms with van der Waals surface area (Å²) in [6.45, 7) is 4.44. The van der Waals surface area contributed by atoms with Crippen LogP contribution in [0.15, 0.2) is 24.3 Å². The number of hydrogen-bond acceptors (Lipinski definition) is 4. The monoisotopic (exact) mass is 344 g/mol. The molecule has 0 spiro atoms. The van der Waals surface area contributed by atoms with Crippen LogP contribution in [0.3, 0.4) is 0 Å². The lowest BCUT2D eigenvalue weighted by Crippen LogP contribution is -2.36. The van der Waals surface area contributed by atoms with E-state index >= 15 is 0 Å². The third-order valence-electron chi connectivity index (χ3n) is 4.49. The molecule has 24 heavy (non-hydrogen) atoms. The minimum Gasteiger partial charge on any atom is -0.391 e. The highest BCUT2D eigenvalue weighted by atomic mass is 32.1. The lowest BCUT2D eigenvalue weighted by Gasteiger charge is -2.20. The molecule has 1 aromatic heterocycles. The van der Waals surface area contributed by atoms with Crippen LogP contribution in [0.2, 0.25) is 0 Å². The van der Waals surface area contributed by atoms with E-state index in [1.165, 1.54) is 5.56 Å². The van der Waals surface area contributed by atoms with E-state index in [0.717, 1.165) is 34.0 Å². The summed E-state index contributed by atoms with van der Waals surface area (Å²) in [6.07, 6.45) is 2.10. The number of aryl methyl sites for hydroxylation is 2. The van der Waals surface area contributed by atoms with Crippen LogP contribution in [-0.4, -0.2) is 40.6 Å². The highest BCUT2D eigenvalue weighted by Crippen LogP contribution is 2.33. The van der Waals surface area contributed by atoms with Gasteiger partial charge in [-0.2, -0.15) is 0 Å². The number of likely N-dealkylation sites (N-methyl/N-ethyl adjacent to an activating group) is 1. The van der Waals surface area contributed by atoms with Crippen molar-refractivity contribution in [2.24, 2.45) is 5.92 Å². The number of benzene rings is 1. The summed E-state index contributed by atoms with van der Waals surface area (Å²) in [5, 5.41) is 11.0. The second kappa shape index (κ2) is 7.03. The Kier molecular flexibility index (Phi) is 5.01. The molecule has 128 valence electrons. The Morgan fingerprint density at radius 1 is 1.33 bits per heavy atom. The van der Waals surface area contributed by atoms with E-state index in [2.05, 4.69) is 36.2 Å². The third-order valence-corrected chi connectivity index (χ3v) is 5.46. The Morgan fingerprint density at radius 3 is 2.62 bits per heavy atom. The van der Waals surface area contributed by atoms with Gasteiger partial charge in [0, 0.05) is 24.0 Å². The van der Waals surface area contributed by atoms with Gasteiger partial charge in [0.15, 0.2) is 0 Å². The Bertz CT molecular complexity index is 719. The Balaban J connectivity index is 1.72. The molecule has 1 aromatic carbocycles. The van der Waals surface area contributed by atoms with Gasteiger partial charge in [0.05, 0.1) is 23.2 Å². The largest absolute Gasteiger partial charge is 0.391 e. The number of hydrogen-bond donors (Lipinski definition) is 1. The van der Waals surface area contributed by atoms with E-state index < -0.39 is 6.10 Å². The van der Waals surface area contributed by atoms with Crippen molar-refractivity contribution < 1.29 is 9.90 Å². The van der Waals surface area contributed by atoms with Crippen molar-refractivity contribution in [1.29, 1.82) is 0 Å². The number of thiazole rings is 1. The average Bonchev–Trinajstić information content (AvgIpc) is 3.32. The van der Waals surface area contributed by atoms with Crippen LogP contribution in [0.4, 0.5) is 0 Å². The molecule has 0 saturated heterocycles. The van der Waals surface area contributed by atoms with Crippen molar-refractivity contribution in [3.05, 3.63) is 39.7 Å². The van der Waals surface area contributed by atoms with Crippen LogP contribution < -0.4 is 0 Å². The minimum absolute atomic E-state index is 0.0340. The third kappa shape index (κ3) is 4.02. The van der Waals surface area contributed by atoms with Gasteiger partial charge in [0.25, 0.3) is 0 Å². The molecule has 1 aliphatic rings. The quantitative estimate of drug-likeness (QED) is 0.875. The normalized spacial score (nSPS) is 15.3. The molecule has 1 amide bonds. The number of carbonyl (C=O) groups is 1. The minimum atomic E-state index is -0.390. The summed E-state index contributed by atoms with van der Waals surface area (Å²) < 4.78 is 0. The molecule has 1 heterocycles. The van der Waals surface area contributed by atoms with E-state index in [1.807, 2.05) is 6.92 Å². The van der Waals surface area contributed by atoms with Gasteiger partial charge in [0.2, 0.25) is 5.91 Å². The number of nitrogens with zero attached hydrogens (tertiary/aromatic N) is 2. The first kappa shape index (κ1) is 17.1. The van der Waals surface area contributed by atoms with E-state index in [0.29, 0.717) is 18.9 Å². The lowest BCUT2D eigenvalue weighted by molar-refractivity contribution is -0.130. The van der Waals surface area contributed by atoms with E-state index in [-0.39, 0.29) is 5.91 Å². The molecule has 0 bridgehead atoms. The Morgan fingerprint density at radius 2 is 2.00 bits per heavy atom. The summed E-state index contributed by atoms with van der Waals surface area (Å²) in [4.78, 5) is 19.8. The number of aromatic nitrogens is 1. The van der Waals surface area contributed by atoms with E-state index in [4.69, 9.17) is 0 Å². The number of aliphatic hydroxyl groups excluding tert-OH is 1. The number of amides is 1. The van der Waals surface area contributed by atoms with Crippen molar-refractivity contribution in [2.45, 2.75) is 39.2 Å². The summed E-state index contributed by atoms with van der Waals surface area (Å²) in [6, 6.07) is 8.23. The summed E-state index contributed by atoms with van der Waals surface area (Å²) in [7, 11) is 1.77. The van der Waals surface area contributed by atoms with Crippen LogP contribution >= 0.6 is 11.3 Å². The van der Waals surface area contributed by atoms with Gasteiger partial charge < -0.3 is 10.0 Å². The molecular formula is C19H24N2O2S. The summed E-state index contributed by atoms with van der Waals surface area (Å²) in [5.41, 5.74) is 3.16. The van der Waals surface area contributed by atoms with Gasteiger partial charge in [-0.05, 0) is 32.6 Å². The molecule has 5 heteroatoms. The fraction of sp³-hybridized carbons (Fsp3) is 0.474. The molecule has 1 N–H and O–H groups in total. The average molecular weight is 344 g/mol. The van der Waals surface area contributed by atoms with Crippen molar-refractivity contribution in [1.82, 2.24) is 9.88 Å². The van der Waals surface area contributed by atoms with E-state index in [9.17, 15) is 9.90 Å². The van der Waals surface area contributed by atoms with Gasteiger partial charge in [-0.25, -0.2) is 4.98 Å². The van der Waals surface area contributed by atoms with Crippen LogP contribution in [0.5, 0.6) is 0 Å². The molecule has 1 atom stereocenters. The lowest BCUT2D eigenvalue weighted by atomic mass is 10.1. The first-order valence-electron chi connectivity index (χ1n) is 8.39. The van der Waals surface area contributed by atoms with Gasteiger partial charge in [-0.15, -0.1) is 11.3 Å². The molecule has 2 aromatic rings. The second-order valence-corrected chi connectivity index (χ2v) is 8.01. The first-order valence-corrected chi connectivity index (χ1v) is 9.21. The van der Waals surface area contributed by atoms with Crippen LogP contribution in [0.1, 0.15) is 28.3 Å². The van der Waals surface area contributed by atoms with Crippen molar-refractivity contribution >= 4 is 17.2 Å². The molecule has 1 fully saturated rings. The fourth-order valence-electron chi connectivity index (χ4n) is 2.81. The zero-order valence-electron chi connectivity index (χ0n) is 14.5. The topological polar surface area (TPSA) is 53.4 Å². The maximum absolute atomic E-state index is 12.5. The zero-order valence-corrected chi connectivity index (χ0v) is 15.3. The maximum atomic E-state index is 12.5. The SMILES string of the molecule is Cc1ccc(-c2nc(C)sc2CC(=O)N(C)CC(O)C2CC2)cc1. The highest BCUT2D eigenvalue weighted by molar-refractivity contribution is 7.12.